The summed E-state index contributed by atoms with van der Waals surface area (Å²) in [6, 6.07) is -0.631. The number of esters is 1. The Morgan fingerprint density at radius 1 is 0.500 bits per heavy atom. The van der Waals surface area contributed by atoms with Gasteiger partial charge in [0.1, 0.15) is 0 Å². The number of unbranched alkanes of at least 4 members (excludes halogenated alkanes) is 33. The maximum Gasteiger partial charge on any atom is 0.305 e. The Balaban J connectivity index is 3.44. The second-order valence-electron chi connectivity index (χ2n) is 16.5. The molecular formula is C48H93NO5. The lowest BCUT2D eigenvalue weighted by molar-refractivity contribution is -0.143. The van der Waals surface area contributed by atoms with E-state index in [4.69, 9.17) is 4.74 Å². The summed E-state index contributed by atoms with van der Waals surface area (Å²) in [6.07, 6.45) is 49.2. The minimum absolute atomic E-state index is 0.000280. The molecule has 0 aromatic heterocycles. The Labute approximate surface area is 336 Å². The molecule has 0 aliphatic rings. The Bertz CT molecular complexity index is 802. The van der Waals surface area contributed by atoms with Crippen LogP contribution in [0.2, 0.25) is 0 Å². The van der Waals surface area contributed by atoms with Gasteiger partial charge in [0.05, 0.1) is 25.4 Å². The lowest BCUT2D eigenvalue weighted by atomic mass is 10.0. The van der Waals surface area contributed by atoms with Crippen molar-refractivity contribution in [2.24, 2.45) is 0 Å². The largest absolute Gasteiger partial charge is 0.466 e. The summed E-state index contributed by atoms with van der Waals surface area (Å²) >= 11 is 0. The normalized spacial score (nSPS) is 12.7. The van der Waals surface area contributed by atoms with E-state index in [9.17, 15) is 19.8 Å². The van der Waals surface area contributed by atoms with Crippen molar-refractivity contribution in [3.8, 4) is 0 Å². The predicted octanol–water partition coefficient (Wildman–Crippen LogP) is 13.8. The number of aliphatic hydroxyl groups is 2. The van der Waals surface area contributed by atoms with E-state index < -0.39 is 12.1 Å². The Hall–Kier alpha value is -1.40. The Morgan fingerprint density at radius 2 is 0.852 bits per heavy atom. The number of amides is 1. The molecule has 1 amide bonds. The fraction of sp³-hybridized carbons (Fsp3) is 0.917. The van der Waals surface area contributed by atoms with Crippen molar-refractivity contribution in [2.45, 2.75) is 270 Å². The van der Waals surface area contributed by atoms with Crippen LogP contribution in [0.3, 0.4) is 0 Å². The van der Waals surface area contributed by atoms with Gasteiger partial charge >= 0.3 is 5.97 Å². The smallest absolute Gasteiger partial charge is 0.305 e. The number of nitrogens with one attached hydrogen (secondary N) is 1. The third-order valence-corrected chi connectivity index (χ3v) is 11.1. The molecule has 0 aromatic rings. The molecule has 0 radical (unpaired) electrons. The standard InChI is InChI=1S/C48H93NO5/c1-3-5-7-9-11-13-15-22-26-30-34-38-42-48(53)54-43-39-35-31-27-23-20-18-16-17-19-21-25-29-33-37-41-47(52)49-45(44-50)46(51)40-36-32-28-24-14-12-10-8-6-4-2/h36,40,45-46,50-51H,3-35,37-39,41-44H2,1-2H3,(H,49,52)/b40-36+. The molecule has 6 heteroatoms. The summed E-state index contributed by atoms with van der Waals surface area (Å²) < 4.78 is 5.45. The van der Waals surface area contributed by atoms with Crippen molar-refractivity contribution in [2.75, 3.05) is 13.2 Å². The van der Waals surface area contributed by atoms with Gasteiger partial charge in [-0.25, -0.2) is 0 Å². The van der Waals surface area contributed by atoms with Crippen molar-refractivity contribution < 1.29 is 24.5 Å². The van der Waals surface area contributed by atoms with E-state index in [0.29, 0.717) is 19.4 Å². The van der Waals surface area contributed by atoms with E-state index in [0.717, 1.165) is 44.9 Å². The van der Waals surface area contributed by atoms with Gasteiger partial charge in [-0.2, -0.15) is 0 Å². The van der Waals surface area contributed by atoms with Crippen molar-refractivity contribution in [3.63, 3.8) is 0 Å². The number of ether oxygens (including phenoxy) is 1. The first-order valence-electron chi connectivity index (χ1n) is 24.0. The summed E-state index contributed by atoms with van der Waals surface area (Å²) in [5, 5.41) is 22.9. The Kier molecular flexibility index (Phi) is 43.2. The van der Waals surface area contributed by atoms with Crippen LogP contribution in [-0.4, -0.2) is 47.4 Å². The molecule has 54 heavy (non-hydrogen) atoms. The fourth-order valence-electron chi connectivity index (χ4n) is 7.34. The molecule has 0 rings (SSSR count). The number of aliphatic hydroxyl groups excluding tert-OH is 2. The first-order chi connectivity index (χ1) is 26.5. The van der Waals surface area contributed by atoms with E-state index >= 15 is 0 Å². The zero-order chi connectivity index (χ0) is 39.4. The Morgan fingerprint density at radius 3 is 1.26 bits per heavy atom. The van der Waals surface area contributed by atoms with Gasteiger partial charge in [0, 0.05) is 12.8 Å². The molecular weight excluding hydrogens is 671 g/mol. The highest BCUT2D eigenvalue weighted by Crippen LogP contribution is 2.16. The van der Waals surface area contributed by atoms with E-state index in [1.54, 1.807) is 6.08 Å². The minimum Gasteiger partial charge on any atom is -0.466 e. The molecule has 320 valence electrons. The summed E-state index contributed by atoms with van der Waals surface area (Å²) in [5.74, 6) is -0.0785. The number of allylic oxidation sites excluding steroid dienone is 1. The maximum atomic E-state index is 12.4. The van der Waals surface area contributed by atoms with Gasteiger partial charge in [-0.05, 0) is 32.1 Å². The number of rotatable bonds is 44. The van der Waals surface area contributed by atoms with Gasteiger partial charge in [-0.15, -0.1) is 0 Å². The third kappa shape index (κ3) is 40.3. The lowest BCUT2D eigenvalue weighted by Crippen LogP contribution is -2.45. The maximum absolute atomic E-state index is 12.4. The predicted molar refractivity (Wildman–Crippen MR) is 232 cm³/mol. The van der Waals surface area contributed by atoms with Gasteiger partial charge < -0.3 is 20.3 Å². The number of hydrogen-bond acceptors (Lipinski definition) is 5. The van der Waals surface area contributed by atoms with Crippen molar-refractivity contribution in [1.82, 2.24) is 5.32 Å². The van der Waals surface area contributed by atoms with Crippen LogP contribution >= 0.6 is 0 Å². The van der Waals surface area contributed by atoms with Gasteiger partial charge in [-0.3, -0.25) is 9.59 Å². The highest BCUT2D eigenvalue weighted by molar-refractivity contribution is 5.76. The quantitative estimate of drug-likeness (QED) is 0.0326. The van der Waals surface area contributed by atoms with Crippen LogP contribution in [-0.2, 0) is 14.3 Å². The van der Waals surface area contributed by atoms with Crippen molar-refractivity contribution in [3.05, 3.63) is 12.2 Å². The SMILES string of the molecule is CCCCCCCCCC/C=C/C(O)C(CO)NC(=O)CCCCCCCCCCCCCCCCCOC(=O)CCCCCCCCCCCCCC. The van der Waals surface area contributed by atoms with Crippen LogP contribution in [0.4, 0.5) is 0 Å². The van der Waals surface area contributed by atoms with Crippen LogP contribution in [0.15, 0.2) is 12.2 Å². The van der Waals surface area contributed by atoms with Gasteiger partial charge in [0.15, 0.2) is 0 Å². The highest BCUT2D eigenvalue weighted by Gasteiger charge is 2.18. The topological polar surface area (TPSA) is 95.9 Å². The van der Waals surface area contributed by atoms with Crippen LogP contribution in [0.25, 0.3) is 0 Å². The molecule has 3 N–H and O–H groups in total. The van der Waals surface area contributed by atoms with Crippen molar-refractivity contribution in [1.29, 1.82) is 0 Å². The molecule has 0 spiro atoms. The van der Waals surface area contributed by atoms with Crippen molar-refractivity contribution >= 4 is 11.9 Å². The highest BCUT2D eigenvalue weighted by atomic mass is 16.5. The second-order valence-corrected chi connectivity index (χ2v) is 16.5. The zero-order valence-electron chi connectivity index (χ0n) is 36.2. The molecule has 0 aliphatic heterocycles. The molecule has 0 saturated carbocycles. The third-order valence-electron chi connectivity index (χ3n) is 11.1. The van der Waals surface area contributed by atoms with E-state index in [1.165, 1.54) is 186 Å². The van der Waals surface area contributed by atoms with Crippen LogP contribution in [0.5, 0.6) is 0 Å². The van der Waals surface area contributed by atoms with Gasteiger partial charge in [-0.1, -0.05) is 225 Å². The molecule has 0 fully saturated rings. The first-order valence-corrected chi connectivity index (χ1v) is 24.0. The fourth-order valence-corrected chi connectivity index (χ4v) is 7.34. The molecule has 0 aromatic carbocycles. The summed E-state index contributed by atoms with van der Waals surface area (Å²) in [7, 11) is 0. The van der Waals surface area contributed by atoms with Crippen LogP contribution in [0, 0.1) is 0 Å². The molecule has 0 bridgehead atoms. The molecule has 0 aliphatic carbocycles. The van der Waals surface area contributed by atoms with Crippen LogP contribution in [0.1, 0.15) is 258 Å². The van der Waals surface area contributed by atoms with Crippen LogP contribution < -0.4 is 5.32 Å². The zero-order valence-corrected chi connectivity index (χ0v) is 36.2. The van der Waals surface area contributed by atoms with Gasteiger partial charge in [0.2, 0.25) is 5.91 Å². The minimum atomic E-state index is -0.846. The molecule has 0 saturated heterocycles. The molecule has 2 unspecified atom stereocenters. The summed E-state index contributed by atoms with van der Waals surface area (Å²) in [4.78, 5) is 24.3. The first kappa shape index (κ1) is 52.6. The average Bonchev–Trinajstić information content (AvgIpc) is 3.17. The monoisotopic (exact) mass is 764 g/mol. The number of hydrogen-bond donors (Lipinski definition) is 3. The summed E-state index contributed by atoms with van der Waals surface area (Å²) in [6.45, 7) is 4.86. The average molecular weight is 764 g/mol. The van der Waals surface area contributed by atoms with E-state index in [1.807, 2.05) is 6.08 Å². The summed E-state index contributed by atoms with van der Waals surface area (Å²) in [5.41, 5.74) is 0. The molecule has 2 atom stereocenters. The molecule has 0 heterocycles. The van der Waals surface area contributed by atoms with Gasteiger partial charge in [0.25, 0.3) is 0 Å². The number of carbonyl (C=O) groups excluding carboxylic acids is 2. The molecule has 6 nitrogen and oxygen atoms in total. The lowest BCUT2D eigenvalue weighted by Gasteiger charge is -2.20. The van der Waals surface area contributed by atoms with E-state index in [-0.39, 0.29) is 18.5 Å². The number of carbonyl (C=O) groups is 2. The second kappa shape index (κ2) is 44.3. The van der Waals surface area contributed by atoms with E-state index in [2.05, 4.69) is 19.2 Å².